The minimum Gasteiger partial charge on any atom is -0.374 e. The number of hydrogen-bond acceptors (Lipinski definition) is 4. The Bertz CT molecular complexity index is 558. The van der Waals surface area contributed by atoms with E-state index in [1.165, 1.54) is 16.4 Å². The van der Waals surface area contributed by atoms with Crippen LogP contribution in [-0.4, -0.2) is 52.1 Å². The molecule has 0 bridgehead atoms. The lowest BCUT2D eigenvalue weighted by atomic mass is 10.3. The SMILES string of the molecule is CNCC1CN(S(=O)(=O)c2c(Cl)cccc2Cl)CCO1. The molecule has 0 aromatic heterocycles. The van der Waals surface area contributed by atoms with Crippen LogP contribution in [0.5, 0.6) is 0 Å². The van der Waals surface area contributed by atoms with E-state index in [9.17, 15) is 8.42 Å². The fourth-order valence-electron chi connectivity index (χ4n) is 2.12. The largest absolute Gasteiger partial charge is 0.374 e. The van der Waals surface area contributed by atoms with Gasteiger partial charge in [0.05, 0.1) is 22.8 Å². The molecule has 0 spiro atoms. The molecular weight excluding hydrogens is 323 g/mol. The van der Waals surface area contributed by atoms with Crippen LogP contribution in [0, 0.1) is 0 Å². The van der Waals surface area contributed by atoms with Gasteiger partial charge in [-0.05, 0) is 19.2 Å². The molecule has 0 radical (unpaired) electrons. The van der Waals surface area contributed by atoms with Crippen LogP contribution in [-0.2, 0) is 14.8 Å². The lowest BCUT2D eigenvalue weighted by Gasteiger charge is -2.32. The Balaban J connectivity index is 2.30. The van der Waals surface area contributed by atoms with Crippen molar-refractivity contribution in [3.8, 4) is 0 Å². The second kappa shape index (κ2) is 6.60. The van der Waals surface area contributed by atoms with Gasteiger partial charge in [0.1, 0.15) is 4.90 Å². The maximum absolute atomic E-state index is 12.7. The van der Waals surface area contributed by atoms with E-state index in [4.69, 9.17) is 27.9 Å². The second-order valence-electron chi connectivity index (χ2n) is 4.46. The Morgan fingerprint density at radius 1 is 1.40 bits per heavy atom. The summed E-state index contributed by atoms with van der Waals surface area (Å²) in [7, 11) is -1.92. The Morgan fingerprint density at radius 3 is 2.65 bits per heavy atom. The molecule has 1 heterocycles. The molecule has 20 heavy (non-hydrogen) atoms. The summed E-state index contributed by atoms with van der Waals surface area (Å²) < 4.78 is 32.2. The zero-order valence-electron chi connectivity index (χ0n) is 11.0. The standard InChI is InChI=1S/C12H16Cl2N2O3S/c1-15-7-9-8-16(5-6-19-9)20(17,18)12-10(13)3-2-4-11(12)14/h2-4,9,15H,5-8H2,1H3. The summed E-state index contributed by atoms with van der Waals surface area (Å²) in [6.07, 6.45) is -0.176. The minimum atomic E-state index is -3.71. The summed E-state index contributed by atoms with van der Waals surface area (Å²) in [6, 6.07) is 4.66. The molecule has 1 aliphatic rings. The third-order valence-corrected chi connectivity index (χ3v) is 5.87. The van der Waals surface area contributed by atoms with Crippen molar-refractivity contribution in [3.05, 3.63) is 28.2 Å². The summed E-state index contributed by atoms with van der Waals surface area (Å²) in [5.74, 6) is 0. The number of rotatable bonds is 4. The van der Waals surface area contributed by atoms with Gasteiger partial charge in [0.15, 0.2) is 0 Å². The van der Waals surface area contributed by atoms with E-state index < -0.39 is 10.0 Å². The highest BCUT2D eigenvalue weighted by molar-refractivity contribution is 7.89. The summed E-state index contributed by atoms with van der Waals surface area (Å²) in [5.41, 5.74) is 0. The van der Waals surface area contributed by atoms with Crippen LogP contribution in [0.15, 0.2) is 23.1 Å². The first-order valence-electron chi connectivity index (χ1n) is 6.17. The number of hydrogen-bond donors (Lipinski definition) is 1. The Kier molecular flexibility index (Phi) is 5.28. The number of morpholine rings is 1. The van der Waals surface area contributed by atoms with Gasteiger partial charge in [0, 0.05) is 19.6 Å². The number of nitrogens with one attached hydrogen (secondary N) is 1. The highest BCUT2D eigenvalue weighted by Gasteiger charge is 2.33. The van der Waals surface area contributed by atoms with Gasteiger partial charge in [0.2, 0.25) is 10.0 Å². The van der Waals surface area contributed by atoms with Gasteiger partial charge >= 0.3 is 0 Å². The fraction of sp³-hybridized carbons (Fsp3) is 0.500. The number of nitrogens with zero attached hydrogens (tertiary/aromatic N) is 1. The molecular formula is C12H16Cl2N2O3S. The van der Waals surface area contributed by atoms with E-state index in [2.05, 4.69) is 5.32 Å². The van der Waals surface area contributed by atoms with Crippen LogP contribution < -0.4 is 5.32 Å². The summed E-state index contributed by atoms with van der Waals surface area (Å²) >= 11 is 12.0. The average molecular weight is 339 g/mol. The molecule has 0 aliphatic carbocycles. The van der Waals surface area contributed by atoms with Crippen LogP contribution in [0.2, 0.25) is 10.0 Å². The van der Waals surface area contributed by atoms with Gasteiger partial charge < -0.3 is 10.1 Å². The zero-order chi connectivity index (χ0) is 14.8. The molecule has 1 saturated heterocycles. The van der Waals surface area contributed by atoms with Crippen LogP contribution in [0.4, 0.5) is 0 Å². The van der Waals surface area contributed by atoms with Crippen molar-refractivity contribution in [2.75, 3.05) is 33.3 Å². The van der Waals surface area contributed by atoms with Gasteiger partial charge in [0.25, 0.3) is 0 Å². The Labute approximate surface area is 128 Å². The highest BCUT2D eigenvalue weighted by Crippen LogP contribution is 2.32. The normalized spacial score (nSPS) is 21.1. The molecule has 2 rings (SSSR count). The number of benzene rings is 1. The summed E-state index contributed by atoms with van der Waals surface area (Å²) in [6.45, 7) is 1.52. The van der Waals surface area contributed by atoms with E-state index in [0.717, 1.165) is 0 Å². The maximum atomic E-state index is 12.7. The molecule has 5 nitrogen and oxygen atoms in total. The van der Waals surface area contributed by atoms with Crippen LogP contribution in [0.1, 0.15) is 0 Å². The Hall–Kier alpha value is -0.370. The Morgan fingerprint density at radius 2 is 2.05 bits per heavy atom. The molecule has 1 aliphatic heterocycles. The zero-order valence-corrected chi connectivity index (χ0v) is 13.3. The number of likely N-dealkylation sites (N-methyl/N-ethyl adjacent to an activating group) is 1. The van der Waals surface area contributed by atoms with Crippen molar-refractivity contribution in [2.24, 2.45) is 0 Å². The quantitative estimate of drug-likeness (QED) is 0.905. The maximum Gasteiger partial charge on any atom is 0.246 e. The molecule has 112 valence electrons. The summed E-state index contributed by atoms with van der Waals surface area (Å²) in [4.78, 5) is -0.0339. The number of ether oxygens (including phenoxy) is 1. The molecule has 0 amide bonds. The molecule has 1 N–H and O–H groups in total. The molecule has 0 saturated carbocycles. The second-order valence-corrected chi connectivity index (χ2v) is 7.15. The van der Waals surface area contributed by atoms with E-state index in [1.807, 2.05) is 0 Å². The van der Waals surface area contributed by atoms with Crippen molar-refractivity contribution in [3.63, 3.8) is 0 Å². The predicted molar refractivity (Wildman–Crippen MR) is 78.9 cm³/mol. The van der Waals surface area contributed by atoms with Gasteiger partial charge in [-0.1, -0.05) is 29.3 Å². The van der Waals surface area contributed by atoms with E-state index in [0.29, 0.717) is 19.7 Å². The minimum absolute atomic E-state index is 0.0339. The molecule has 1 aromatic carbocycles. The van der Waals surface area contributed by atoms with Crippen molar-refractivity contribution in [2.45, 2.75) is 11.0 Å². The van der Waals surface area contributed by atoms with Crippen molar-refractivity contribution in [1.82, 2.24) is 9.62 Å². The fourth-order valence-corrected chi connectivity index (χ4v) is 4.67. The molecule has 1 fully saturated rings. The van der Waals surface area contributed by atoms with Gasteiger partial charge in [-0.25, -0.2) is 8.42 Å². The van der Waals surface area contributed by atoms with Gasteiger partial charge in [-0.15, -0.1) is 0 Å². The smallest absolute Gasteiger partial charge is 0.246 e. The monoisotopic (exact) mass is 338 g/mol. The summed E-state index contributed by atoms with van der Waals surface area (Å²) in [5, 5.41) is 3.24. The van der Waals surface area contributed by atoms with Crippen molar-refractivity contribution >= 4 is 33.2 Å². The van der Waals surface area contributed by atoms with Crippen molar-refractivity contribution < 1.29 is 13.2 Å². The predicted octanol–water partition coefficient (Wildman–Crippen LogP) is 1.60. The first-order chi connectivity index (χ1) is 9.46. The van der Waals surface area contributed by atoms with E-state index in [1.54, 1.807) is 13.1 Å². The van der Waals surface area contributed by atoms with Crippen LogP contribution >= 0.6 is 23.2 Å². The topological polar surface area (TPSA) is 58.6 Å². The molecule has 1 aromatic rings. The molecule has 8 heteroatoms. The van der Waals surface area contributed by atoms with Gasteiger partial charge in [-0.2, -0.15) is 4.31 Å². The third-order valence-electron chi connectivity index (χ3n) is 3.05. The molecule has 1 atom stereocenters. The van der Waals surface area contributed by atoms with E-state index >= 15 is 0 Å². The van der Waals surface area contributed by atoms with Crippen LogP contribution in [0.25, 0.3) is 0 Å². The number of halogens is 2. The van der Waals surface area contributed by atoms with Gasteiger partial charge in [-0.3, -0.25) is 0 Å². The first kappa shape index (κ1) is 16.0. The number of sulfonamides is 1. The average Bonchev–Trinajstić information content (AvgIpc) is 2.39. The van der Waals surface area contributed by atoms with Crippen molar-refractivity contribution in [1.29, 1.82) is 0 Å². The lowest BCUT2D eigenvalue weighted by Crippen LogP contribution is -2.48. The molecule has 1 unspecified atom stereocenters. The van der Waals surface area contributed by atoms with Crippen LogP contribution in [0.3, 0.4) is 0 Å². The third kappa shape index (κ3) is 3.27. The van der Waals surface area contributed by atoms with E-state index in [-0.39, 0.29) is 27.6 Å². The highest BCUT2D eigenvalue weighted by atomic mass is 35.5. The lowest BCUT2D eigenvalue weighted by molar-refractivity contribution is 0.000826. The first-order valence-corrected chi connectivity index (χ1v) is 8.36.